The minimum Gasteiger partial charge on any atom is -0.490 e. The molecule has 1 atom stereocenters. The number of nitrogens with zero attached hydrogens (tertiary/aromatic N) is 1. The average Bonchev–Trinajstić information content (AvgIpc) is 2.61. The Morgan fingerprint density at radius 2 is 2.12 bits per heavy atom. The minimum atomic E-state index is -0.480. The Morgan fingerprint density at radius 3 is 2.77 bits per heavy atom. The van der Waals surface area contributed by atoms with E-state index in [1.54, 1.807) is 18.2 Å². The summed E-state index contributed by atoms with van der Waals surface area (Å²) in [7, 11) is 1.39. The lowest BCUT2D eigenvalue weighted by Gasteiger charge is -2.14. The first-order valence-corrected chi connectivity index (χ1v) is 9.38. The Balaban J connectivity index is 1.86. The molecule has 0 bridgehead atoms. The fraction of sp³-hybridized carbons (Fsp3) is 0.278. The van der Waals surface area contributed by atoms with Gasteiger partial charge in [0.2, 0.25) is 5.91 Å². The number of thioether (sulfide) groups is 1. The van der Waals surface area contributed by atoms with Gasteiger partial charge in [0.25, 0.3) is 0 Å². The van der Waals surface area contributed by atoms with Gasteiger partial charge in [-0.05, 0) is 36.2 Å². The highest BCUT2D eigenvalue weighted by atomic mass is 35.5. The smallest absolute Gasteiger partial charge is 0.311 e. The van der Waals surface area contributed by atoms with Gasteiger partial charge in [0.1, 0.15) is 0 Å². The van der Waals surface area contributed by atoms with Crippen LogP contribution >= 0.6 is 23.4 Å². The van der Waals surface area contributed by atoms with E-state index in [4.69, 9.17) is 16.3 Å². The number of amides is 1. The maximum Gasteiger partial charge on any atom is 0.311 e. The van der Waals surface area contributed by atoms with Gasteiger partial charge >= 0.3 is 5.69 Å². The molecule has 0 aromatic heterocycles. The number of carbonyl (C=O) groups excluding carboxylic acids is 1. The number of rotatable bonds is 8. The van der Waals surface area contributed by atoms with Gasteiger partial charge in [-0.15, -0.1) is 11.8 Å². The number of hydrogen-bond acceptors (Lipinski definition) is 5. The molecule has 0 aliphatic carbocycles. The number of hydrogen-bond donors (Lipinski definition) is 1. The van der Waals surface area contributed by atoms with Crippen LogP contribution in [-0.2, 0) is 10.5 Å². The molecule has 2 rings (SSSR count). The molecule has 26 heavy (non-hydrogen) atoms. The number of benzene rings is 2. The lowest BCUT2D eigenvalue weighted by atomic mass is 10.1. The van der Waals surface area contributed by atoms with Crippen LogP contribution in [0.1, 0.15) is 24.1 Å². The molecule has 0 aliphatic heterocycles. The monoisotopic (exact) mass is 394 g/mol. The van der Waals surface area contributed by atoms with Crippen LogP contribution in [0.3, 0.4) is 0 Å². The van der Waals surface area contributed by atoms with Gasteiger partial charge < -0.3 is 10.1 Å². The van der Waals surface area contributed by atoms with Crippen molar-refractivity contribution in [2.24, 2.45) is 0 Å². The van der Waals surface area contributed by atoms with E-state index in [0.717, 1.165) is 11.1 Å². The highest BCUT2D eigenvalue weighted by Crippen LogP contribution is 2.29. The number of methoxy groups -OCH3 is 1. The van der Waals surface area contributed by atoms with Crippen molar-refractivity contribution < 1.29 is 14.5 Å². The predicted octanol–water partition coefficient (Wildman–Crippen LogP) is 4.37. The maximum absolute atomic E-state index is 12.1. The minimum absolute atomic E-state index is 0.0790. The van der Waals surface area contributed by atoms with Crippen LogP contribution in [0.4, 0.5) is 5.69 Å². The second kappa shape index (κ2) is 9.45. The second-order valence-corrected chi connectivity index (χ2v) is 7.02. The van der Waals surface area contributed by atoms with Crippen molar-refractivity contribution in [1.82, 2.24) is 5.32 Å². The van der Waals surface area contributed by atoms with Gasteiger partial charge in [0, 0.05) is 16.8 Å². The summed E-state index contributed by atoms with van der Waals surface area (Å²) in [5.74, 6) is 0.858. The average molecular weight is 395 g/mol. The van der Waals surface area contributed by atoms with Crippen molar-refractivity contribution in [3.63, 3.8) is 0 Å². The van der Waals surface area contributed by atoms with E-state index in [9.17, 15) is 14.9 Å². The third kappa shape index (κ3) is 5.64. The van der Waals surface area contributed by atoms with E-state index in [1.807, 2.05) is 25.1 Å². The van der Waals surface area contributed by atoms with Crippen LogP contribution in [0.5, 0.6) is 5.75 Å². The van der Waals surface area contributed by atoms with Crippen molar-refractivity contribution in [1.29, 1.82) is 0 Å². The number of halogens is 1. The first-order valence-electron chi connectivity index (χ1n) is 7.84. The fourth-order valence-electron chi connectivity index (χ4n) is 2.37. The van der Waals surface area contributed by atoms with Crippen LogP contribution in [0.15, 0.2) is 42.5 Å². The quantitative estimate of drug-likeness (QED) is 0.531. The summed E-state index contributed by atoms with van der Waals surface area (Å²) < 4.78 is 4.98. The Morgan fingerprint density at radius 1 is 1.35 bits per heavy atom. The Hall–Kier alpha value is -2.25. The Labute approximate surface area is 161 Å². The van der Waals surface area contributed by atoms with E-state index in [1.165, 1.54) is 24.9 Å². The fourth-order valence-corrected chi connectivity index (χ4v) is 3.36. The molecule has 2 aromatic rings. The zero-order chi connectivity index (χ0) is 19.1. The Bertz CT molecular complexity index is 801. The summed E-state index contributed by atoms with van der Waals surface area (Å²) in [5.41, 5.74) is 1.62. The van der Waals surface area contributed by atoms with E-state index >= 15 is 0 Å². The van der Waals surface area contributed by atoms with E-state index < -0.39 is 4.92 Å². The third-order valence-corrected chi connectivity index (χ3v) is 4.91. The molecule has 0 saturated heterocycles. The zero-order valence-electron chi connectivity index (χ0n) is 14.4. The van der Waals surface area contributed by atoms with Gasteiger partial charge in [-0.1, -0.05) is 29.8 Å². The van der Waals surface area contributed by atoms with Crippen LogP contribution in [0.25, 0.3) is 0 Å². The van der Waals surface area contributed by atoms with Gasteiger partial charge in [-0.25, -0.2) is 0 Å². The summed E-state index contributed by atoms with van der Waals surface area (Å²) in [4.78, 5) is 22.6. The van der Waals surface area contributed by atoms with E-state index in [-0.39, 0.29) is 29.1 Å². The summed E-state index contributed by atoms with van der Waals surface area (Å²) in [6, 6.07) is 12.0. The molecular weight excluding hydrogens is 376 g/mol. The Kier molecular flexibility index (Phi) is 7.29. The van der Waals surface area contributed by atoms with Gasteiger partial charge in [-0.2, -0.15) is 0 Å². The van der Waals surface area contributed by atoms with Crippen LogP contribution in [0.2, 0.25) is 5.02 Å². The number of nitrogens with one attached hydrogen (secondary N) is 1. The molecule has 138 valence electrons. The molecular formula is C18H19ClN2O4S. The maximum atomic E-state index is 12.1. The molecule has 1 unspecified atom stereocenters. The largest absolute Gasteiger partial charge is 0.490 e. The molecule has 0 spiro atoms. The lowest BCUT2D eigenvalue weighted by Crippen LogP contribution is -2.28. The molecule has 1 amide bonds. The molecule has 6 nitrogen and oxygen atoms in total. The first-order chi connectivity index (χ1) is 12.4. The molecule has 2 aromatic carbocycles. The van der Waals surface area contributed by atoms with Crippen LogP contribution in [0, 0.1) is 10.1 Å². The number of ether oxygens (including phenoxy) is 1. The second-order valence-electron chi connectivity index (χ2n) is 5.60. The predicted molar refractivity (Wildman–Crippen MR) is 104 cm³/mol. The van der Waals surface area contributed by atoms with Crippen molar-refractivity contribution in [2.45, 2.75) is 18.7 Å². The SMILES string of the molecule is COc1ccc(CSCC(=O)NC(C)c2cccc(Cl)c2)cc1[N+](=O)[O-]. The van der Waals surface area contributed by atoms with Crippen LogP contribution in [-0.4, -0.2) is 23.7 Å². The zero-order valence-corrected chi connectivity index (χ0v) is 16.0. The normalized spacial score (nSPS) is 11.7. The number of nitro benzene ring substituents is 1. The van der Waals surface area contributed by atoms with Crippen LogP contribution < -0.4 is 10.1 Å². The number of nitro groups is 1. The first kappa shape index (κ1) is 20.1. The molecule has 0 heterocycles. The highest BCUT2D eigenvalue weighted by Gasteiger charge is 2.15. The highest BCUT2D eigenvalue weighted by molar-refractivity contribution is 7.99. The standard InChI is InChI=1S/C18H19ClN2O4S/c1-12(14-4-3-5-15(19)9-14)20-18(22)11-26-10-13-6-7-17(25-2)16(8-13)21(23)24/h3-9,12H,10-11H2,1-2H3,(H,20,22). The molecule has 1 N–H and O–H groups in total. The van der Waals surface area contributed by atoms with Crippen molar-refractivity contribution in [2.75, 3.05) is 12.9 Å². The summed E-state index contributed by atoms with van der Waals surface area (Å²) >= 11 is 7.35. The molecule has 0 radical (unpaired) electrons. The van der Waals surface area contributed by atoms with Crippen molar-refractivity contribution in [3.05, 3.63) is 68.7 Å². The summed E-state index contributed by atoms with van der Waals surface area (Å²) in [6.07, 6.45) is 0. The topological polar surface area (TPSA) is 81.5 Å². The van der Waals surface area contributed by atoms with Gasteiger partial charge in [0.15, 0.2) is 5.75 Å². The van der Waals surface area contributed by atoms with Gasteiger partial charge in [0.05, 0.1) is 23.8 Å². The summed E-state index contributed by atoms with van der Waals surface area (Å²) in [5, 5.41) is 14.6. The molecule has 0 fully saturated rings. The number of carbonyl (C=O) groups is 1. The molecule has 8 heteroatoms. The van der Waals surface area contributed by atoms with Crippen molar-refractivity contribution in [3.8, 4) is 5.75 Å². The molecule has 0 saturated carbocycles. The lowest BCUT2D eigenvalue weighted by molar-refractivity contribution is -0.385. The van der Waals surface area contributed by atoms with Gasteiger partial charge in [-0.3, -0.25) is 14.9 Å². The van der Waals surface area contributed by atoms with Crippen molar-refractivity contribution >= 4 is 35.0 Å². The van der Waals surface area contributed by atoms with E-state index in [2.05, 4.69) is 5.32 Å². The summed E-state index contributed by atoms with van der Waals surface area (Å²) in [6.45, 7) is 1.89. The third-order valence-electron chi connectivity index (χ3n) is 3.67. The van der Waals surface area contributed by atoms with E-state index in [0.29, 0.717) is 10.8 Å². The molecule has 0 aliphatic rings.